The Kier molecular flexibility index (Phi) is 6.15. The molecule has 2 heterocycles. The molecule has 5 nitrogen and oxygen atoms in total. The lowest BCUT2D eigenvalue weighted by Crippen LogP contribution is -2.52. The van der Waals surface area contributed by atoms with Crippen LogP contribution in [-0.4, -0.2) is 50.1 Å². The maximum Gasteiger partial charge on any atom is 0.416 e. The van der Waals surface area contributed by atoms with Crippen molar-refractivity contribution in [2.75, 3.05) is 38.7 Å². The second-order valence-corrected chi connectivity index (χ2v) is 7.71. The van der Waals surface area contributed by atoms with E-state index in [9.17, 15) is 17.6 Å². The molecule has 2 aliphatic rings. The van der Waals surface area contributed by atoms with E-state index in [-0.39, 0.29) is 6.04 Å². The van der Waals surface area contributed by atoms with Gasteiger partial charge in [0.05, 0.1) is 16.9 Å². The van der Waals surface area contributed by atoms with Gasteiger partial charge in [-0.1, -0.05) is 0 Å². The van der Waals surface area contributed by atoms with Gasteiger partial charge in [0.15, 0.2) is 0 Å². The zero-order valence-corrected chi connectivity index (χ0v) is 17.1. The van der Waals surface area contributed by atoms with E-state index in [1.807, 2.05) is 4.90 Å². The molecule has 0 spiro atoms. The van der Waals surface area contributed by atoms with Crippen molar-refractivity contribution in [2.24, 2.45) is 4.99 Å². The highest BCUT2D eigenvalue weighted by Gasteiger charge is 2.33. The smallest absolute Gasteiger partial charge is 0.385 e. The van der Waals surface area contributed by atoms with E-state index in [2.05, 4.69) is 15.6 Å². The van der Waals surface area contributed by atoms with Crippen LogP contribution < -0.4 is 10.6 Å². The average molecular weight is 436 g/mol. The van der Waals surface area contributed by atoms with Crippen molar-refractivity contribution in [3.63, 3.8) is 0 Å². The van der Waals surface area contributed by atoms with Gasteiger partial charge >= 0.3 is 6.18 Å². The highest BCUT2D eigenvalue weighted by atomic mass is 19.4. The molecule has 1 saturated heterocycles. The standard InChI is InChI=1S/C22H24F4N4O/c1-31-10-2-3-16-13-30(9-8-27-16)21-17-11-14(22(24,25)26)4-6-18(17)28-19-7-5-15(23)12-20(19)29-21/h4-7,11-12,16,27-28H,2-3,8-10,13H2,1H3/t16-/m0/s1. The van der Waals surface area contributed by atoms with Crippen molar-refractivity contribution in [3.8, 4) is 0 Å². The number of methoxy groups -OCH3 is 1. The van der Waals surface area contributed by atoms with Gasteiger partial charge < -0.3 is 20.3 Å². The van der Waals surface area contributed by atoms with E-state index in [1.165, 1.54) is 18.2 Å². The summed E-state index contributed by atoms with van der Waals surface area (Å²) in [5.41, 5.74) is 1.01. The predicted molar refractivity (Wildman–Crippen MR) is 112 cm³/mol. The fourth-order valence-corrected chi connectivity index (χ4v) is 3.96. The average Bonchev–Trinajstić information content (AvgIpc) is 2.89. The van der Waals surface area contributed by atoms with Gasteiger partial charge in [-0.3, -0.25) is 0 Å². The van der Waals surface area contributed by atoms with Crippen molar-refractivity contribution >= 4 is 22.9 Å². The van der Waals surface area contributed by atoms with Gasteiger partial charge in [-0.15, -0.1) is 0 Å². The summed E-state index contributed by atoms with van der Waals surface area (Å²) in [6.45, 7) is 2.49. The van der Waals surface area contributed by atoms with Gasteiger partial charge in [0.1, 0.15) is 11.7 Å². The van der Waals surface area contributed by atoms with Crippen LogP contribution in [0.3, 0.4) is 0 Å². The van der Waals surface area contributed by atoms with Gasteiger partial charge in [-0.2, -0.15) is 13.2 Å². The molecule has 2 aromatic carbocycles. The molecule has 2 N–H and O–H groups in total. The third-order valence-corrected chi connectivity index (χ3v) is 5.50. The second-order valence-electron chi connectivity index (χ2n) is 7.71. The van der Waals surface area contributed by atoms with Crippen LogP contribution in [0.4, 0.5) is 34.6 Å². The molecule has 0 aromatic heterocycles. The number of hydrogen-bond donors (Lipinski definition) is 2. The minimum Gasteiger partial charge on any atom is -0.385 e. The van der Waals surface area contributed by atoms with Crippen LogP contribution >= 0.6 is 0 Å². The first kappa shape index (κ1) is 21.6. The van der Waals surface area contributed by atoms with Crippen LogP contribution in [0.5, 0.6) is 0 Å². The number of piperazine rings is 1. The molecule has 0 radical (unpaired) electrons. The topological polar surface area (TPSA) is 48.9 Å². The Labute approximate surface area is 178 Å². The SMILES string of the molecule is COCCC[C@H]1CN(C2=Nc3cc(F)ccc3Nc3ccc(C(F)(F)F)cc32)CCN1. The summed E-state index contributed by atoms with van der Waals surface area (Å²) in [5, 5.41) is 6.57. The van der Waals surface area contributed by atoms with Crippen LogP contribution in [0.25, 0.3) is 0 Å². The number of amidine groups is 1. The molecule has 0 bridgehead atoms. The van der Waals surface area contributed by atoms with Crippen molar-refractivity contribution in [2.45, 2.75) is 25.1 Å². The van der Waals surface area contributed by atoms with Crippen LogP contribution in [0.2, 0.25) is 0 Å². The minimum absolute atomic E-state index is 0.157. The number of benzene rings is 2. The number of aliphatic imine (C=N–C) groups is 1. The van der Waals surface area contributed by atoms with Gasteiger partial charge in [-0.25, -0.2) is 9.38 Å². The van der Waals surface area contributed by atoms with E-state index in [0.717, 1.165) is 25.0 Å². The van der Waals surface area contributed by atoms with E-state index in [4.69, 9.17) is 4.74 Å². The molecule has 0 unspecified atom stereocenters. The minimum atomic E-state index is -4.47. The fourth-order valence-electron chi connectivity index (χ4n) is 3.96. The molecule has 0 aliphatic carbocycles. The molecule has 4 rings (SSSR count). The molecule has 0 amide bonds. The summed E-state index contributed by atoms with van der Waals surface area (Å²) in [7, 11) is 1.65. The summed E-state index contributed by atoms with van der Waals surface area (Å²) in [6.07, 6.45) is -2.73. The number of rotatable bonds is 4. The first-order chi connectivity index (χ1) is 14.8. The number of hydrogen-bond acceptors (Lipinski definition) is 5. The Bertz CT molecular complexity index is 976. The molecular weight excluding hydrogens is 412 g/mol. The predicted octanol–water partition coefficient (Wildman–Crippen LogP) is 4.68. The number of halogens is 4. The summed E-state index contributed by atoms with van der Waals surface area (Å²) in [6, 6.07) is 7.86. The summed E-state index contributed by atoms with van der Waals surface area (Å²) in [4.78, 5) is 6.62. The lowest BCUT2D eigenvalue weighted by molar-refractivity contribution is -0.137. The number of nitrogens with zero attached hydrogens (tertiary/aromatic N) is 2. The lowest BCUT2D eigenvalue weighted by Gasteiger charge is -2.36. The van der Waals surface area contributed by atoms with Crippen molar-refractivity contribution in [1.82, 2.24) is 10.2 Å². The monoisotopic (exact) mass is 436 g/mol. The zero-order valence-electron chi connectivity index (χ0n) is 17.1. The molecule has 31 heavy (non-hydrogen) atoms. The highest BCUT2D eigenvalue weighted by Crippen LogP contribution is 2.38. The van der Waals surface area contributed by atoms with Gasteiger partial charge in [0, 0.05) is 56.7 Å². The van der Waals surface area contributed by atoms with Gasteiger partial charge in [0.2, 0.25) is 0 Å². The van der Waals surface area contributed by atoms with Crippen molar-refractivity contribution in [3.05, 3.63) is 53.3 Å². The Hall–Kier alpha value is -2.65. The van der Waals surface area contributed by atoms with E-state index in [1.54, 1.807) is 13.2 Å². The van der Waals surface area contributed by atoms with Gasteiger partial charge in [0.25, 0.3) is 0 Å². The van der Waals surface area contributed by atoms with E-state index < -0.39 is 17.6 Å². The Morgan fingerprint density at radius 2 is 1.97 bits per heavy atom. The molecule has 9 heteroatoms. The largest absolute Gasteiger partial charge is 0.416 e. The molecule has 1 atom stereocenters. The first-order valence-electron chi connectivity index (χ1n) is 10.2. The maximum absolute atomic E-state index is 13.9. The normalized spacial score (nSPS) is 18.5. The number of alkyl halides is 3. The van der Waals surface area contributed by atoms with E-state index in [0.29, 0.717) is 54.7 Å². The second kappa shape index (κ2) is 8.84. The summed E-state index contributed by atoms with van der Waals surface area (Å²) >= 11 is 0. The summed E-state index contributed by atoms with van der Waals surface area (Å²) < 4.78 is 59.3. The fraction of sp³-hybridized carbons (Fsp3) is 0.409. The number of fused-ring (bicyclic) bond motifs is 2. The highest BCUT2D eigenvalue weighted by molar-refractivity contribution is 6.08. The third-order valence-electron chi connectivity index (χ3n) is 5.50. The number of anilines is 2. The lowest BCUT2D eigenvalue weighted by atomic mass is 10.0. The van der Waals surface area contributed by atoms with Crippen LogP contribution in [0.15, 0.2) is 41.4 Å². The zero-order chi connectivity index (χ0) is 22.0. The molecule has 0 saturated carbocycles. The van der Waals surface area contributed by atoms with Crippen molar-refractivity contribution < 1.29 is 22.3 Å². The first-order valence-corrected chi connectivity index (χ1v) is 10.2. The Morgan fingerprint density at radius 3 is 2.74 bits per heavy atom. The Balaban J connectivity index is 1.74. The van der Waals surface area contributed by atoms with Gasteiger partial charge in [-0.05, 0) is 43.2 Å². The molecule has 1 fully saturated rings. The molecule has 2 aliphatic heterocycles. The third kappa shape index (κ3) is 4.83. The molecular formula is C22H24F4N4O. The number of nitrogens with one attached hydrogen (secondary N) is 2. The van der Waals surface area contributed by atoms with Crippen molar-refractivity contribution in [1.29, 1.82) is 0 Å². The molecule has 2 aromatic rings. The maximum atomic E-state index is 13.9. The summed E-state index contributed by atoms with van der Waals surface area (Å²) in [5.74, 6) is -0.0421. The number of ether oxygens (including phenoxy) is 1. The molecule has 166 valence electrons. The Morgan fingerprint density at radius 1 is 1.16 bits per heavy atom. The van der Waals surface area contributed by atoms with Crippen LogP contribution in [0, 0.1) is 5.82 Å². The quantitative estimate of drug-likeness (QED) is 0.540. The van der Waals surface area contributed by atoms with Crippen LogP contribution in [0.1, 0.15) is 24.0 Å². The van der Waals surface area contributed by atoms with E-state index >= 15 is 0 Å². The van der Waals surface area contributed by atoms with Crippen LogP contribution in [-0.2, 0) is 10.9 Å².